The molecule has 4 atom stereocenters. The summed E-state index contributed by atoms with van der Waals surface area (Å²) in [6, 6.07) is 32.9. The number of piperidine rings is 2. The fourth-order valence-electron chi connectivity index (χ4n) is 6.61. The van der Waals surface area contributed by atoms with Crippen LogP contribution in [0.15, 0.2) is 84.9 Å². The molecule has 0 aliphatic carbocycles. The summed E-state index contributed by atoms with van der Waals surface area (Å²) < 4.78 is 0. The Hall–Kier alpha value is -2.68. The monoisotopic (exact) mass is 448 g/mol. The van der Waals surface area contributed by atoms with Gasteiger partial charge in [0.15, 0.2) is 0 Å². The highest BCUT2D eigenvalue weighted by Crippen LogP contribution is 2.38. The standard InChI is InChI=1S/C32H36N2/c1-23-19-31(29-13-11-25-7-3-5-9-27(25)21-29)15-17-33(23)34-18-16-32(20-24(34)2)30-14-12-26-8-4-6-10-28(26)22-30/h3-14,21-24,31-32H,15-20H2,1-2H3. The fourth-order valence-corrected chi connectivity index (χ4v) is 6.61. The number of nitrogens with zero attached hydrogens (tertiary/aromatic N) is 2. The minimum atomic E-state index is 0.588. The number of fused-ring (bicyclic) bond motifs is 2. The minimum Gasteiger partial charge on any atom is -0.239 e. The van der Waals surface area contributed by atoms with Crippen LogP contribution in [-0.2, 0) is 0 Å². The Labute approximate surface area is 204 Å². The average Bonchev–Trinajstić information content (AvgIpc) is 2.88. The molecule has 0 radical (unpaired) electrons. The zero-order valence-corrected chi connectivity index (χ0v) is 20.5. The van der Waals surface area contributed by atoms with Gasteiger partial charge in [0.2, 0.25) is 0 Å². The van der Waals surface area contributed by atoms with Crippen LogP contribution < -0.4 is 0 Å². The Balaban J connectivity index is 1.12. The molecule has 2 heterocycles. The van der Waals surface area contributed by atoms with Gasteiger partial charge < -0.3 is 0 Å². The first-order valence-electron chi connectivity index (χ1n) is 13.2. The third kappa shape index (κ3) is 4.15. The van der Waals surface area contributed by atoms with Crippen molar-refractivity contribution in [1.82, 2.24) is 10.0 Å². The molecular formula is C32H36N2. The number of hydrogen-bond donors (Lipinski definition) is 0. The molecule has 34 heavy (non-hydrogen) atoms. The maximum Gasteiger partial charge on any atom is 0.0223 e. The van der Waals surface area contributed by atoms with E-state index in [1.54, 1.807) is 0 Å². The van der Waals surface area contributed by atoms with E-state index >= 15 is 0 Å². The summed E-state index contributed by atoms with van der Waals surface area (Å²) in [5.74, 6) is 1.34. The van der Waals surface area contributed by atoms with E-state index in [0.717, 1.165) is 0 Å². The number of rotatable bonds is 3. The van der Waals surface area contributed by atoms with Crippen molar-refractivity contribution in [2.24, 2.45) is 0 Å². The van der Waals surface area contributed by atoms with Gasteiger partial charge in [-0.15, -0.1) is 0 Å². The van der Waals surface area contributed by atoms with Crippen molar-refractivity contribution in [2.75, 3.05) is 13.1 Å². The van der Waals surface area contributed by atoms with Crippen molar-refractivity contribution in [3.63, 3.8) is 0 Å². The van der Waals surface area contributed by atoms with Crippen molar-refractivity contribution in [2.45, 2.75) is 63.5 Å². The summed E-state index contributed by atoms with van der Waals surface area (Å²) in [4.78, 5) is 0. The molecule has 0 bridgehead atoms. The van der Waals surface area contributed by atoms with Crippen LogP contribution >= 0.6 is 0 Å². The molecule has 6 rings (SSSR count). The molecule has 2 fully saturated rings. The van der Waals surface area contributed by atoms with Gasteiger partial charge in [-0.2, -0.15) is 0 Å². The van der Waals surface area contributed by atoms with E-state index in [-0.39, 0.29) is 0 Å². The highest BCUT2D eigenvalue weighted by atomic mass is 15.6. The van der Waals surface area contributed by atoms with E-state index in [2.05, 4.69) is 109 Å². The van der Waals surface area contributed by atoms with Gasteiger partial charge in [-0.05, 0) is 84.0 Å². The maximum absolute atomic E-state index is 2.71. The van der Waals surface area contributed by atoms with E-state index in [0.29, 0.717) is 23.9 Å². The predicted octanol–water partition coefficient (Wildman–Crippen LogP) is 7.74. The molecule has 0 saturated carbocycles. The smallest absolute Gasteiger partial charge is 0.0223 e. The van der Waals surface area contributed by atoms with Crippen molar-refractivity contribution < 1.29 is 0 Å². The second-order valence-electron chi connectivity index (χ2n) is 10.7. The molecule has 174 valence electrons. The van der Waals surface area contributed by atoms with Gasteiger partial charge in [0.25, 0.3) is 0 Å². The van der Waals surface area contributed by atoms with Crippen molar-refractivity contribution in [1.29, 1.82) is 0 Å². The third-order valence-electron chi connectivity index (χ3n) is 8.50. The molecule has 0 N–H and O–H groups in total. The zero-order chi connectivity index (χ0) is 23.1. The second-order valence-corrected chi connectivity index (χ2v) is 10.7. The lowest BCUT2D eigenvalue weighted by Crippen LogP contribution is -2.56. The molecule has 4 aromatic rings. The number of hydrogen-bond acceptors (Lipinski definition) is 2. The van der Waals surface area contributed by atoms with Gasteiger partial charge in [-0.3, -0.25) is 0 Å². The van der Waals surface area contributed by atoms with Gasteiger partial charge >= 0.3 is 0 Å². The molecule has 2 aliphatic heterocycles. The number of benzene rings is 4. The molecule has 2 nitrogen and oxygen atoms in total. The predicted molar refractivity (Wildman–Crippen MR) is 144 cm³/mol. The summed E-state index contributed by atoms with van der Waals surface area (Å²) >= 11 is 0. The lowest BCUT2D eigenvalue weighted by molar-refractivity contribution is -0.116. The molecule has 0 spiro atoms. The molecule has 0 amide bonds. The molecule has 2 saturated heterocycles. The quantitative estimate of drug-likeness (QED) is 0.316. The van der Waals surface area contributed by atoms with Crippen LogP contribution in [0, 0.1) is 0 Å². The SMILES string of the molecule is CC1CC(c2ccc3ccccc3c2)CCN1N1CCC(c2ccc3ccccc3c2)CC1C. The van der Waals surface area contributed by atoms with Crippen LogP contribution in [0.3, 0.4) is 0 Å². The molecule has 0 aromatic heterocycles. The van der Waals surface area contributed by atoms with Crippen molar-refractivity contribution in [3.05, 3.63) is 96.1 Å². The first-order chi connectivity index (χ1) is 16.7. The van der Waals surface area contributed by atoms with Gasteiger partial charge in [0.1, 0.15) is 0 Å². The first-order valence-corrected chi connectivity index (χ1v) is 13.2. The Morgan fingerprint density at radius 2 is 0.941 bits per heavy atom. The summed E-state index contributed by atoms with van der Waals surface area (Å²) in [7, 11) is 0. The van der Waals surface area contributed by atoms with Crippen LogP contribution in [0.25, 0.3) is 21.5 Å². The normalized spacial score (nSPS) is 26.8. The van der Waals surface area contributed by atoms with Crippen LogP contribution in [0.2, 0.25) is 0 Å². The third-order valence-corrected chi connectivity index (χ3v) is 8.50. The Morgan fingerprint density at radius 1 is 0.529 bits per heavy atom. The van der Waals surface area contributed by atoms with Gasteiger partial charge in [-0.1, -0.05) is 84.9 Å². The average molecular weight is 449 g/mol. The molecule has 2 heteroatoms. The maximum atomic E-state index is 2.71. The minimum absolute atomic E-state index is 0.588. The van der Waals surface area contributed by atoms with Gasteiger partial charge in [0.05, 0.1) is 0 Å². The summed E-state index contributed by atoms with van der Waals surface area (Å²) in [6.07, 6.45) is 4.99. The summed E-state index contributed by atoms with van der Waals surface area (Å²) in [6.45, 7) is 7.22. The molecule has 4 aromatic carbocycles. The molecule has 4 unspecified atom stereocenters. The van der Waals surface area contributed by atoms with E-state index in [1.807, 2.05) is 0 Å². The van der Waals surface area contributed by atoms with Crippen molar-refractivity contribution in [3.8, 4) is 0 Å². The summed E-state index contributed by atoms with van der Waals surface area (Å²) in [5, 5.41) is 10.9. The van der Waals surface area contributed by atoms with Crippen LogP contribution in [0.1, 0.15) is 62.5 Å². The van der Waals surface area contributed by atoms with Crippen LogP contribution in [0.4, 0.5) is 0 Å². The Bertz CT molecular complexity index is 1190. The zero-order valence-electron chi connectivity index (χ0n) is 20.5. The second kappa shape index (κ2) is 9.17. The van der Waals surface area contributed by atoms with Crippen molar-refractivity contribution >= 4 is 21.5 Å². The van der Waals surface area contributed by atoms with Crippen LogP contribution in [-0.4, -0.2) is 35.2 Å². The fraction of sp³-hybridized carbons (Fsp3) is 0.375. The molecular weight excluding hydrogens is 412 g/mol. The number of hydrazine groups is 1. The highest BCUT2D eigenvalue weighted by molar-refractivity contribution is 5.83. The Morgan fingerprint density at radius 3 is 1.35 bits per heavy atom. The lowest BCUT2D eigenvalue weighted by atomic mass is 9.84. The van der Waals surface area contributed by atoms with E-state index in [1.165, 1.54) is 71.4 Å². The molecule has 2 aliphatic rings. The lowest BCUT2D eigenvalue weighted by Gasteiger charge is -2.50. The topological polar surface area (TPSA) is 6.48 Å². The largest absolute Gasteiger partial charge is 0.239 e. The van der Waals surface area contributed by atoms with Crippen LogP contribution in [0.5, 0.6) is 0 Å². The van der Waals surface area contributed by atoms with Gasteiger partial charge in [0, 0.05) is 25.2 Å². The Kier molecular flexibility index (Phi) is 5.89. The van der Waals surface area contributed by atoms with E-state index in [9.17, 15) is 0 Å². The summed E-state index contributed by atoms with van der Waals surface area (Å²) in [5.41, 5.74) is 3.04. The highest BCUT2D eigenvalue weighted by Gasteiger charge is 2.35. The van der Waals surface area contributed by atoms with E-state index in [4.69, 9.17) is 0 Å². The van der Waals surface area contributed by atoms with Gasteiger partial charge in [-0.25, -0.2) is 10.0 Å². The van der Waals surface area contributed by atoms with E-state index < -0.39 is 0 Å². The first kappa shape index (κ1) is 21.8.